The lowest BCUT2D eigenvalue weighted by atomic mass is 10.3. The van der Waals surface area contributed by atoms with Crippen LogP contribution in [0.5, 0.6) is 0 Å². The molecule has 0 atom stereocenters. The maximum Gasteiger partial charge on any atom is 0.289 e. The van der Waals surface area contributed by atoms with Gasteiger partial charge in [0.15, 0.2) is 11.5 Å². The van der Waals surface area contributed by atoms with E-state index >= 15 is 0 Å². The highest BCUT2D eigenvalue weighted by atomic mass is 19.1. The summed E-state index contributed by atoms with van der Waals surface area (Å²) in [7, 11) is 0. The Hall–Kier alpha value is -3.00. The molecule has 3 aromatic rings. The summed E-state index contributed by atoms with van der Waals surface area (Å²) in [5.41, 5.74) is 2.67. The second kappa shape index (κ2) is 5.17. The molecule has 21 heavy (non-hydrogen) atoms. The van der Waals surface area contributed by atoms with Crippen molar-refractivity contribution >= 4 is 5.91 Å². The standard InChI is InChI=1S/C13H11FN6O/c14-9-3-5-10(6-4-9)20-13(19-7-1-2-8-19)11(17-18-20)12(21)16-15/h1-8H,15H2,(H,16,21). The number of carbonyl (C=O) groups is 1. The topological polar surface area (TPSA) is 90.8 Å². The molecule has 0 aliphatic rings. The fourth-order valence-electron chi connectivity index (χ4n) is 1.96. The summed E-state index contributed by atoms with van der Waals surface area (Å²) in [6.07, 6.45) is 3.48. The number of nitrogens with zero attached hydrogens (tertiary/aromatic N) is 4. The lowest BCUT2D eigenvalue weighted by Gasteiger charge is -2.08. The van der Waals surface area contributed by atoms with E-state index in [2.05, 4.69) is 10.3 Å². The Kier molecular flexibility index (Phi) is 3.20. The third kappa shape index (κ3) is 2.28. The summed E-state index contributed by atoms with van der Waals surface area (Å²) in [5.74, 6) is 4.65. The number of carbonyl (C=O) groups excluding carboxylic acids is 1. The fourth-order valence-corrected chi connectivity index (χ4v) is 1.96. The molecular formula is C13H11FN6O. The normalized spacial score (nSPS) is 10.6. The Bertz CT molecular complexity index is 763. The SMILES string of the molecule is NNC(=O)c1nnn(-c2ccc(F)cc2)c1-n1cccc1. The van der Waals surface area contributed by atoms with Crippen LogP contribution in [0.1, 0.15) is 10.5 Å². The van der Waals surface area contributed by atoms with Gasteiger partial charge in [0.05, 0.1) is 5.69 Å². The predicted molar refractivity (Wildman–Crippen MR) is 72.3 cm³/mol. The number of aromatic nitrogens is 4. The summed E-state index contributed by atoms with van der Waals surface area (Å²) in [4.78, 5) is 11.8. The average molecular weight is 286 g/mol. The van der Waals surface area contributed by atoms with Crippen molar-refractivity contribution in [3.05, 3.63) is 60.3 Å². The molecule has 0 bridgehead atoms. The molecule has 3 N–H and O–H groups in total. The first kappa shape index (κ1) is 13.0. The van der Waals surface area contributed by atoms with E-state index in [4.69, 9.17) is 5.84 Å². The highest BCUT2D eigenvalue weighted by Crippen LogP contribution is 2.18. The number of nitrogens with one attached hydrogen (secondary N) is 1. The summed E-state index contributed by atoms with van der Waals surface area (Å²) < 4.78 is 16.1. The van der Waals surface area contributed by atoms with Crippen molar-refractivity contribution in [2.45, 2.75) is 0 Å². The largest absolute Gasteiger partial charge is 0.307 e. The molecule has 1 aromatic carbocycles. The zero-order chi connectivity index (χ0) is 14.8. The second-order valence-electron chi connectivity index (χ2n) is 4.21. The van der Waals surface area contributed by atoms with Crippen LogP contribution in [0.3, 0.4) is 0 Å². The van der Waals surface area contributed by atoms with Crippen LogP contribution < -0.4 is 11.3 Å². The number of nitrogen functional groups attached to an aromatic ring is 1. The number of hydrogen-bond donors (Lipinski definition) is 2. The van der Waals surface area contributed by atoms with Crippen LogP contribution in [0, 0.1) is 5.82 Å². The Balaban J connectivity index is 2.19. The molecule has 0 radical (unpaired) electrons. The lowest BCUT2D eigenvalue weighted by Crippen LogP contribution is -2.31. The lowest BCUT2D eigenvalue weighted by molar-refractivity contribution is 0.0948. The molecule has 0 aliphatic carbocycles. The Morgan fingerprint density at radius 3 is 2.48 bits per heavy atom. The van der Waals surface area contributed by atoms with E-state index in [1.165, 1.54) is 16.8 Å². The van der Waals surface area contributed by atoms with E-state index in [-0.39, 0.29) is 11.5 Å². The van der Waals surface area contributed by atoms with Crippen LogP contribution in [0.2, 0.25) is 0 Å². The highest BCUT2D eigenvalue weighted by molar-refractivity contribution is 5.94. The minimum Gasteiger partial charge on any atom is -0.307 e. The van der Waals surface area contributed by atoms with Crippen LogP contribution in [-0.4, -0.2) is 25.5 Å². The molecule has 2 aromatic heterocycles. The molecule has 106 valence electrons. The molecule has 0 spiro atoms. The van der Waals surface area contributed by atoms with Gasteiger partial charge in [-0.25, -0.2) is 10.2 Å². The van der Waals surface area contributed by atoms with Gasteiger partial charge in [0.2, 0.25) is 0 Å². The minimum atomic E-state index is -0.563. The molecule has 0 aliphatic heterocycles. The van der Waals surface area contributed by atoms with Gasteiger partial charge in [0.1, 0.15) is 5.82 Å². The van der Waals surface area contributed by atoms with Crippen molar-refractivity contribution < 1.29 is 9.18 Å². The molecule has 0 saturated carbocycles. The highest BCUT2D eigenvalue weighted by Gasteiger charge is 2.21. The first-order chi connectivity index (χ1) is 10.2. The number of nitrogens with two attached hydrogens (primary N) is 1. The van der Waals surface area contributed by atoms with Gasteiger partial charge in [-0.15, -0.1) is 5.10 Å². The van der Waals surface area contributed by atoms with Crippen LogP contribution in [0.15, 0.2) is 48.8 Å². The van der Waals surface area contributed by atoms with E-state index in [1.807, 2.05) is 5.43 Å². The van der Waals surface area contributed by atoms with Crippen LogP contribution in [0.4, 0.5) is 4.39 Å². The van der Waals surface area contributed by atoms with Gasteiger partial charge in [-0.3, -0.25) is 10.2 Å². The van der Waals surface area contributed by atoms with Crippen molar-refractivity contribution in [2.75, 3.05) is 0 Å². The average Bonchev–Trinajstić information content (AvgIpc) is 3.15. The van der Waals surface area contributed by atoms with E-state index in [0.29, 0.717) is 11.5 Å². The Labute approximate surface area is 118 Å². The van der Waals surface area contributed by atoms with E-state index in [0.717, 1.165) is 0 Å². The molecule has 7 nitrogen and oxygen atoms in total. The van der Waals surface area contributed by atoms with Crippen molar-refractivity contribution in [2.24, 2.45) is 5.84 Å². The summed E-state index contributed by atoms with van der Waals surface area (Å²) >= 11 is 0. The van der Waals surface area contributed by atoms with Gasteiger partial charge in [0.25, 0.3) is 5.91 Å². The maximum atomic E-state index is 13.0. The quantitative estimate of drug-likeness (QED) is 0.423. The first-order valence-electron chi connectivity index (χ1n) is 6.06. The predicted octanol–water partition coefficient (Wildman–Crippen LogP) is 0.801. The number of benzene rings is 1. The fraction of sp³-hybridized carbons (Fsp3) is 0. The smallest absolute Gasteiger partial charge is 0.289 e. The number of hydrazine groups is 1. The van der Waals surface area contributed by atoms with E-state index in [1.54, 1.807) is 41.2 Å². The van der Waals surface area contributed by atoms with Crippen LogP contribution >= 0.6 is 0 Å². The summed E-state index contributed by atoms with van der Waals surface area (Å²) in [6, 6.07) is 9.29. The van der Waals surface area contributed by atoms with Crippen molar-refractivity contribution in [3.63, 3.8) is 0 Å². The van der Waals surface area contributed by atoms with Gasteiger partial charge < -0.3 is 4.57 Å². The molecular weight excluding hydrogens is 275 g/mol. The monoisotopic (exact) mass is 286 g/mol. The summed E-state index contributed by atoms with van der Waals surface area (Å²) in [6.45, 7) is 0. The molecule has 0 saturated heterocycles. The molecule has 3 rings (SSSR count). The second-order valence-corrected chi connectivity index (χ2v) is 4.21. The summed E-state index contributed by atoms with van der Waals surface area (Å²) in [5, 5.41) is 7.80. The van der Waals surface area contributed by atoms with Gasteiger partial charge >= 0.3 is 0 Å². The molecule has 2 heterocycles. The van der Waals surface area contributed by atoms with Crippen molar-refractivity contribution in [1.82, 2.24) is 25.0 Å². The number of hydrogen-bond acceptors (Lipinski definition) is 4. The third-order valence-corrected chi connectivity index (χ3v) is 2.91. The first-order valence-corrected chi connectivity index (χ1v) is 6.06. The van der Waals surface area contributed by atoms with E-state index in [9.17, 15) is 9.18 Å². The number of amides is 1. The number of rotatable bonds is 3. The van der Waals surface area contributed by atoms with E-state index < -0.39 is 5.91 Å². The maximum absolute atomic E-state index is 13.0. The third-order valence-electron chi connectivity index (χ3n) is 2.91. The molecule has 8 heteroatoms. The molecule has 0 unspecified atom stereocenters. The zero-order valence-corrected chi connectivity index (χ0v) is 10.8. The van der Waals surface area contributed by atoms with Crippen LogP contribution in [-0.2, 0) is 0 Å². The Morgan fingerprint density at radius 1 is 1.19 bits per heavy atom. The van der Waals surface area contributed by atoms with Gasteiger partial charge in [0, 0.05) is 12.4 Å². The van der Waals surface area contributed by atoms with Gasteiger partial charge in [-0.1, -0.05) is 5.21 Å². The number of halogens is 1. The van der Waals surface area contributed by atoms with Crippen molar-refractivity contribution in [1.29, 1.82) is 0 Å². The molecule has 0 fully saturated rings. The van der Waals surface area contributed by atoms with Crippen LogP contribution in [0.25, 0.3) is 11.5 Å². The van der Waals surface area contributed by atoms with Gasteiger partial charge in [-0.2, -0.15) is 4.68 Å². The molecule has 1 amide bonds. The minimum absolute atomic E-state index is 0.0676. The Morgan fingerprint density at radius 2 is 1.86 bits per heavy atom. The van der Waals surface area contributed by atoms with Gasteiger partial charge in [-0.05, 0) is 36.4 Å². The van der Waals surface area contributed by atoms with Crippen molar-refractivity contribution in [3.8, 4) is 11.5 Å². The zero-order valence-electron chi connectivity index (χ0n) is 10.8.